The van der Waals surface area contributed by atoms with E-state index in [0.29, 0.717) is 0 Å². The van der Waals surface area contributed by atoms with Gasteiger partial charge < -0.3 is 14.7 Å². The molecule has 7 rings (SSSR count). The average molecular weight is 845 g/mol. The van der Waals surface area contributed by atoms with Gasteiger partial charge in [0.25, 0.3) is 0 Å². The smallest absolute Gasteiger partial charge is 0.657 e. The van der Waals surface area contributed by atoms with Crippen LogP contribution in [-0.2, 0) is 19.5 Å². The van der Waals surface area contributed by atoms with Crippen LogP contribution >= 0.6 is 15.9 Å². The van der Waals surface area contributed by atoms with E-state index in [0.717, 1.165) is 90.3 Å². The minimum Gasteiger partial charge on any atom is -0.657 e. The van der Waals surface area contributed by atoms with E-state index >= 15 is 0 Å². The molecular weight excluding hydrogens is 794 g/mol. The van der Waals surface area contributed by atoms with Gasteiger partial charge in [0.2, 0.25) is 0 Å². The molecule has 0 radical (unpaired) electrons. The molecule has 0 fully saturated rings. The summed E-state index contributed by atoms with van der Waals surface area (Å²) in [5.74, 6) is 0.891. The number of aromatic nitrogens is 4. The SMILES string of the molecule is CCCCCCCCCCCCCCCCOc1ccc(-c2c3nc(c(Br)c4ccc([n-]4)c(-c4ccccc4)c4nc(cc5ccc2[n-]5)C=C4)C=C3)cc1.[Zn+2]. The number of fused-ring (bicyclic) bond motifs is 8. The zero-order valence-corrected chi connectivity index (χ0v) is 36.8. The zero-order chi connectivity index (χ0) is 37.0. The van der Waals surface area contributed by atoms with Gasteiger partial charge in [-0.3, -0.25) is 0 Å². The van der Waals surface area contributed by atoms with Crippen molar-refractivity contribution in [2.24, 2.45) is 0 Å². The van der Waals surface area contributed by atoms with Gasteiger partial charge in [-0.2, -0.15) is 0 Å². The number of benzene rings is 2. The third kappa shape index (κ3) is 10.8. The molecule has 2 aliphatic heterocycles. The Morgan fingerprint density at radius 3 is 1.76 bits per heavy atom. The molecule has 0 saturated heterocycles. The minimum atomic E-state index is 0. The molecule has 0 atom stereocenters. The van der Waals surface area contributed by atoms with Gasteiger partial charge in [-0.1, -0.05) is 163 Å². The van der Waals surface area contributed by atoms with Crippen molar-refractivity contribution in [1.29, 1.82) is 0 Å². The van der Waals surface area contributed by atoms with Gasteiger partial charge in [0.05, 0.1) is 29.4 Å². The second kappa shape index (κ2) is 20.7. The Bertz CT molecular complexity index is 2220. The molecule has 278 valence electrons. The third-order valence-electron chi connectivity index (χ3n) is 10.3. The molecule has 5 heterocycles. The van der Waals surface area contributed by atoms with Crippen molar-refractivity contribution < 1.29 is 24.2 Å². The summed E-state index contributed by atoms with van der Waals surface area (Å²) in [6, 6.07) is 29.0. The van der Waals surface area contributed by atoms with E-state index in [1.165, 1.54) is 83.5 Å². The van der Waals surface area contributed by atoms with E-state index in [4.69, 9.17) is 24.7 Å². The second-order valence-electron chi connectivity index (χ2n) is 14.5. The van der Waals surface area contributed by atoms with Gasteiger partial charge >= 0.3 is 19.5 Å². The van der Waals surface area contributed by atoms with E-state index in [1.807, 2.05) is 48.6 Å². The molecule has 0 unspecified atom stereocenters. The van der Waals surface area contributed by atoms with Crippen molar-refractivity contribution in [2.75, 3.05) is 6.61 Å². The monoisotopic (exact) mass is 842 g/mol. The zero-order valence-electron chi connectivity index (χ0n) is 32.3. The fourth-order valence-corrected chi connectivity index (χ4v) is 7.83. The summed E-state index contributed by atoms with van der Waals surface area (Å²) in [4.78, 5) is 20.3. The van der Waals surface area contributed by atoms with Gasteiger partial charge in [-0.15, -0.1) is 22.1 Å². The normalized spacial score (nSPS) is 11.9. The fraction of sp³-hybridized carbons (Fsp3) is 0.333. The van der Waals surface area contributed by atoms with E-state index in [1.54, 1.807) is 0 Å². The van der Waals surface area contributed by atoms with Crippen LogP contribution in [0.1, 0.15) is 120 Å². The van der Waals surface area contributed by atoms with Gasteiger partial charge in [-0.05, 0) is 81.0 Å². The first-order chi connectivity index (χ1) is 26.7. The maximum Gasteiger partial charge on any atom is 2.00 e. The molecule has 55 heavy (non-hydrogen) atoms. The number of ether oxygens (including phenoxy) is 1. The van der Waals surface area contributed by atoms with Gasteiger partial charge in [0.15, 0.2) is 0 Å². The standard InChI is InChI=1S/C48H51BrN4O.Zn/c1-2-3-4-5-6-7-8-9-10-11-12-13-14-18-33-54-39-25-21-36(22-26-39)47-41-28-24-38(51-41)34-37-23-27-40(50-37)46(35-19-16-15-17-20-35)42-29-31-44(52-42)48(49)45-32-30-43(47)53-45;/h15-17,19-32,34H,2-14,18,33H2,1H3;/q-2;+2. The summed E-state index contributed by atoms with van der Waals surface area (Å²) in [6.07, 6.45) is 27.2. The van der Waals surface area contributed by atoms with Crippen molar-refractivity contribution in [2.45, 2.75) is 96.8 Å². The van der Waals surface area contributed by atoms with Crippen LogP contribution in [-0.4, -0.2) is 16.6 Å². The van der Waals surface area contributed by atoms with Crippen LogP contribution in [0.15, 0.2) is 89.4 Å². The van der Waals surface area contributed by atoms with Gasteiger partial charge in [0.1, 0.15) is 5.75 Å². The third-order valence-corrected chi connectivity index (χ3v) is 11.2. The number of unbranched alkanes of at least 4 members (excludes halogenated alkanes) is 13. The molecule has 0 saturated carbocycles. The topological polar surface area (TPSA) is 63.2 Å². The van der Waals surface area contributed by atoms with E-state index in [-0.39, 0.29) is 19.5 Å². The van der Waals surface area contributed by atoms with Crippen LogP contribution in [0.2, 0.25) is 0 Å². The summed E-state index contributed by atoms with van der Waals surface area (Å²) in [5, 5.41) is 0. The Morgan fingerprint density at radius 1 is 0.527 bits per heavy atom. The summed E-state index contributed by atoms with van der Waals surface area (Å²) in [7, 11) is 0. The maximum absolute atomic E-state index is 6.18. The molecule has 0 N–H and O–H groups in total. The summed E-state index contributed by atoms with van der Waals surface area (Å²) in [5.41, 5.74) is 10.9. The molecule has 5 aromatic rings. The first-order valence-corrected chi connectivity index (χ1v) is 20.9. The van der Waals surface area contributed by atoms with Crippen molar-refractivity contribution >= 4 is 62.3 Å². The maximum atomic E-state index is 6.18. The van der Waals surface area contributed by atoms with E-state index in [9.17, 15) is 0 Å². The van der Waals surface area contributed by atoms with Crippen molar-refractivity contribution in [3.05, 3.63) is 112 Å². The molecule has 0 spiro atoms. The quantitative estimate of drug-likeness (QED) is 0.0636. The Hall–Kier alpha value is -4.06. The average Bonchev–Trinajstić information content (AvgIpc) is 4.04. The van der Waals surface area contributed by atoms with Crippen LogP contribution < -0.4 is 14.7 Å². The Kier molecular flexibility index (Phi) is 15.3. The molecule has 0 amide bonds. The minimum absolute atomic E-state index is 0. The van der Waals surface area contributed by atoms with Crippen LogP contribution in [0.5, 0.6) is 5.75 Å². The molecular formula is C48H51BrN4OZn. The Labute approximate surface area is 348 Å². The van der Waals surface area contributed by atoms with Crippen molar-refractivity contribution in [3.63, 3.8) is 0 Å². The Morgan fingerprint density at radius 2 is 1.07 bits per heavy atom. The molecule has 5 nitrogen and oxygen atoms in total. The number of hydrogen-bond donors (Lipinski definition) is 0. The molecule has 8 bridgehead atoms. The van der Waals surface area contributed by atoms with Crippen LogP contribution in [0, 0.1) is 0 Å². The van der Waals surface area contributed by atoms with E-state index < -0.39 is 0 Å². The molecule has 7 heteroatoms. The Balaban J connectivity index is 0.00000514. The van der Waals surface area contributed by atoms with Crippen LogP contribution in [0.4, 0.5) is 0 Å². The predicted octanol–water partition coefficient (Wildman–Crippen LogP) is 13.9. The molecule has 3 aromatic heterocycles. The summed E-state index contributed by atoms with van der Waals surface area (Å²) in [6.45, 7) is 3.03. The van der Waals surface area contributed by atoms with Gasteiger partial charge in [0, 0.05) is 4.47 Å². The number of halogens is 1. The van der Waals surface area contributed by atoms with Crippen molar-refractivity contribution in [3.8, 4) is 28.0 Å². The number of nitrogens with zero attached hydrogens (tertiary/aromatic N) is 4. The second-order valence-corrected chi connectivity index (χ2v) is 15.3. The molecule has 2 aliphatic rings. The first-order valence-electron chi connectivity index (χ1n) is 20.1. The van der Waals surface area contributed by atoms with E-state index in [2.05, 4.69) is 83.5 Å². The van der Waals surface area contributed by atoms with Crippen molar-refractivity contribution in [1.82, 2.24) is 19.9 Å². The van der Waals surface area contributed by atoms with Gasteiger partial charge in [-0.25, -0.2) is 9.97 Å². The van der Waals surface area contributed by atoms with Crippen LogP contribution in [0.3, 0.4) is 0 Å². The predicted molar refractivity (Wildman–Crippen MR) is 231 cm³/mol. The largest absolute Gasteiger partial charge is 2.00 e. The summed E-state index contributed by atoms with van der Waals surface area (Å²) < 4.78 is 7.02. The fourth-order valence-electron chi connectivity index (χ4n) is 7.39. The number of rotatable bonds is 18. The summed E-state index contributed by atoms with van der Waals surface area (Å²) >= 11 is 3.85. The molecule has 2 aromatic carbocycles. The number of hydrogen-bond acceptors (Lipinski definition) is 3. The molecule has 0 aliphatic carbocycles. The first kappa shape index (κ1) is 40.6. The van der Waals surface area contributed by atoms with Crippen LogP contribution in [0.25, 0.3) is 68.6 Å².